The molecule has 40 heavy (non-hydrogen) atoms. The maximum absolute atomic E-state index is 13.5. The quantitative estimate of drug-likeness (QED) is 0.313. The van der Waals surface area contributed by atoms with Crippen LogP contribution in [-0.4, -0.2) is 47.5 Å². The number of benzene rings is 2. The van der Waals surface area contributed by atoms with Crippen molar-refractivity contribution in [3.63, 3.8) is 0 Å². The van der Waals surface area contributed by atoms with Crippen molar-refractivity contribution < 1.29 is 13.2 Å². The van der Waals surface area contributed by atoms with Crippen molar-refractivity contribution in [3.05, 3.63) is 71.9 Å². The predicted octanol–water partition coefficient (Wildman–Crippen LogP) is 5.32. The zero-order valence-corrected chi connectivity index (χ0v) is 23.6. The fraction of sp³-hybridized carbons (Fsp3) is 0.387. The highest BCUT2D eigenvalue weighted by molar-refractivity contribution is 7.89. The lowest BCUT2D eigenvalue weighted by Crippen LogP contribution is -2.39. The van der Waals surface area contributed by atoms with Gasteiger partial charge in [-0.1, -0.05) is 56.5 Å². The topological polar surface area (TPSA) is 108 Å². The summed E-state index contributed by atoms with van der Waals surface area (Å²) in [5, 5.41) is 17.7. The number of nitrogens with one attached hydrogen (secondary N) is 1. The van der Waals surface area contributed by atoms with Gasteiger partial charge in [0.1, 0.15) is 17.3 Å². The molecule has 1 saturated carbocycles. The number of rotatable bonds is 7. The smallest absolute Gasteiger partial charge is 0.262 e. The van der Waals surface area contributed by atoms with Crippen LogP contribution in [0.3, 0.4) is 0 Å². The maximum atomic E-state index is 13.5. The molecule has 2 fully saturated rings. The number of carbonyl (C=O) groups excluding carboxylic acids is 1. The molecular formula is C31H35N5O3S. The van der Waals surface area contributed by atoms with Gasteiger partial charge in [-0.2, -0.15) is 14.7 Å². The summed E-state index contributed by atoms with van der Waals surface area (Å²) in [6, 6.07) is 18.4. The first-order valence-electron chi connectivity index (χ1n) is 14.0. The Balaban J connectivity index is 1.53. The molecule has 1 N–H and O–H groups in total. The number of nitriles is 1. The van der Waals surface area contributed by atoms with E-state index < -0.39 is 15.9 Å². The van der Waals surface area contributed by atoms with Crippen LogP contribution < -0.4 is 5.32 Å². The van der Waals surface area contributed by atoms with Crippen LogP contribution in [0.2, 0.25) is 0 Å². The van der Waals surface area contributed by atoms with E-state index in [1.807, 2.05) is 30.3 Å². The largest absolute Gasteiger partial charge is 0.349 e. The van der Waals surface area contributed by atoms with Crippen molar-refractivity contribution in [1.82, 2.24) is 19.4 Å². The zero-order valence-electron chi connectivity index (χ0n) is 22.8. The molecule has 1 saturated heterocycles. The average molecular weight is 558 g/mol. The molecule has 3 aromatic rings. The Morgan fingerprint density at radius 2 is 1.82 bits per heavy atom. The second-order valence-electron chi connectivity index (χ2n) is 10.8. The normalized spacial score (nSPS) is 19.2. The van der Waals surface area contributed by atoms with Crippen molar-refractivity contribution in [3.8, 4) is 23.0 Å². The minimum absolute atomic E-state index is 0.00878. The summed E-state index contributed by atoms with van der Waals surface area (Å²) in [6.45, 7) is 3.09. The number of para-hydroxylation sites is 1. The Labute approximate surface area is 236 Å². The summed E-state index contributed by atoms with van der Waals surface area (Å²) in [6.07, 6.45) is 10.3. The van der Waals surface area contributed by atoms with E-state index in [9.17, 15) is 18.5 Å². The highest BCUT2D eigenvalue weighted by atomic mass is 32.2. The second kappa shape index (κ2) is 12.2. The lowest BCUT2D eigenvalue weighted by Gasteiger charge is -2.30. The second-order valence-corrected chi connectivity index (χ2v) is 12.8. The van der Waals surface area contributed by atoms with E-state index in [1.165, 1.54) is 6.42 Å². The molecule has 208 valence electrons. The minimum Gasteiger partial charge on any atom is -0.349 e. The molecule has 0 radical (unpaired) electrons. The van der Waals surface area contributed by atoms with Gasteiger partial charge in [-0.3, -0.25) is 4.79 Å². The summed E-state index contributed by atoms with van der Waals surface area (Å²) in [5.74, 6) is -0.0856. The van der Waals surface area contributed by atoms with Crippen LogP contribution in [0.1, 0.15) is 57.4 Å². The van der Waals surface area contributed by atoms with Crippen LogP contribution in [0.5, 0.6) is 0 Å². The van der Waals surface area contributed by atoms with Crippen molar-refractivity contribution >= 4 is 22.0 Å². The highest BCUT2D eigenvalue weighted by Crippen LogP contribution is 2.30. The molecule has 0 bridgehead atoms. The number of carbonyl (C=O) groups is 1. The van der Waals surface area contributed by atoms with E-state index in [-0.39, 0.29) is 16.5 Å². The van der Waals surface area contributed by atoms with Gasteiger partial charge in [0.15, 0.2) is 0 Å². The molecule has 5 rings (SSSR count). The van der Waals surface area contributed by atoms with Crippen LogP contribution >= 0.6 is 0 Å². The molecule has 1 amide bonds. The number of nitrogens with zero attached hydrogens (tertiary/aromatic N) is 4. The first-order valence-corrected chi connectivity index (χ1v) is 15.5. The van der Waals surface area contributed by atoms with Crippen LogP contribution in [0.4, 0.5) is 0 Å². The number of amides is 1. The molecule has 9 heteroatoms. The lowest BCUT2D eigenvalue weighted by molar-refractivity contribution is -0.117. The Morgan fingerprint density at radius 1 is 1.05 bits per heavy atom. The van der Waals surface area contributed by atoms with Gasteiger partial charge in [0, 0.05) is 36.5 Å². The molecule has 2 aromatic carbocycles. The van der Waals surface area contributed by atoms with E-state index in [1.54, 1.807) is 45.5 Å². The number of hydrogen-bond acceptors (Lipinski definition) is 5. The summed E-state index contributed by atoms with van der Waals surface area (Å²) >= 11 is 0. The highest BCUT2D eigenvalue weighted by Gasteiger charge is 2.29. The van der Waals surface area contributed by atoms with E-state index in [0.717, 1.165) is 44.2 Å². The lowest BCUT2D eigenvalue weighted by atomic mass is 9.95. The standard InChI is InChI=1S/C31H35N5O3S/c1-23-10-9-17-35(21-23)40(38,39)29-16-8-11-24(19-29)30-26(22-36(34-30)28-14-6-3-7-15-28)18-25(20-32)31(37)33-27-12-4-2-5-13-27/h3,6-8,11,14-16,18-19,22-23,27H,2,4-5,9-10,12-13,17,21H2,1H3,(H,33,37). The van der Waals surface area contributed by atoms with Gasteiger partial charge in [-0.25, -0.2) is 13.1 Å². The first kappa shape index (κ1) is 27.8. The van der Waals surface area contributed by atoms with E-state index in [4.69, 9.17) is 5.10 Å². The molecule has 8 nitrogen and oxygen atoms in total. The molecule has 2 heterocycles. The summed E-state index contributed by atoms with van der Waals surface area (Å²) in [5.41, 5.74) is 2.44. The molecule has 1 aromatic heterocycles. The number of hydrogen-bond donors (Lipinski definition) is 1. The van der Waals surface area contributed by atoms with Gasteiger partial charge in [-0.05, 0) is 61.9 Å². The molecule has 1 aliphatic carbocycles. The molecule has 1 unspecified atom stereocenters. The Bertz CT molecular complexity index is 1530. The molecule has 2 aliphatic rings. The van der Waals surface area contributed by atoms with Gasteiger partial charge >= 0.3 is 0 Å². The van der Waals surface area contributed by atoms with Crippen LogP contribution in [0.25, 0.3) is 23.0 Å². The number of piperidine rings is 1. The third-order valence-corrected chi connectivity index (χ3v) is 9.59. The first-order chi connectivity index (χ1) is 19.3. The van der Waals surface area contributed by atoms with Crippen molar-refractivity contribution in [2.24, 2.45) is 5.92 Å². The average Bonchev–Trinajstić information content (AvgIpc) is 3.41. The summed E-state index contributed by atoms with van der Waals surface area (Å²) < 4.78 is 30.3. The molecule has 1 aliphatic heterocycles. The van der Waals surface area contributed by atoms with E-state index in [2.05, 4.69) is 18.3 Å². The van der Waals surface area contributed by atoms with Crippen LogP contribution in [0.15, 0.2) is 71.3 Å². The Kier molecular flexibility index (Phi) is 8.48. The predicted molar refractivity (Wildman–Crippen MR) is 155 cm³/mol. The van der Waals surface area contributed by atoms with E-state index >= 15 is 0 Å². The number of sulfonamides is 1. The van der Waals surface area contributed by atoms with Gasteiger partial charge in [0.2, 0.25) is 10.0 Å². The Morgan fingerprint density at radius 3 is 2.55 bits per heavy atom. The zero-order chi connectivity index (χ0) is 28.1. The van der Waals surface area contributed by atoms with E-state index in [0.29, 0.717) is 35.8 Å². The summed E-state index contributed by atoms with van der Waals surface area (Å²) in [4.78, 5) is 13.3. The SMILES string of the molecule is CC1CCCN(S(=O)(=O)c2cccc(-c3nn(-c4ccccc4)cc3C=C(C#N)C(=O)NC3CCCCC3)c2)C1. The molecule has 1 atom stereocenters. The summed E-state index contributed by atoms with van der Waals surface area (Å²) in [7, 11) is -3.67. The van der Waals surface area contributed by atoms with Crippen molar-refractivity contribution in [2.45, 2.75) is 62.8 Å². The minimum atomic E-state index is -3.67. The van der Waals surface area contributed by atoms with Gasteiger partial charge < -0.3 is 5.32 Å². The fourth-order valence-electron chi connectivity index (χ4n) is 5.56. The van der Waals surface area contributed by atoms with Gasteiger partial charge in [0.25, 0.3) is 5.91 Å². The van der Waals surface area contributed by atoms with Crippen LogP contribution in [-0.2, 0) is 14.8 Å². The fourth-order valence-corrected chi connectivity index (χ4v) is 7.21. The van der Waals surface area contributed by atoms with Gasteiger partial charge in [0.05, 0.1) is 10.6 Å². The molecule has 0 spiro atoms. The van der Waals surface area contributed by atoms with Crippen molar-refractivity contribution in [1.29, 1.82) is 5.26 Å². The third kappa shape index (κ3) is 6.19. The maximum Gasteiger partial charge on any atom is 0.262 e. The number of aromatic nitrogens is 2. The third-order valence-electron chi connectivity index (χ3n) is 7.73. The van der Waals surface area contributed by atoms with Gasteiger partial charge in [-0.15, -0.1) is 0 Å². The van der Waals surface area contributed by atoms with Crippen molar-refractivity contribution in [2.75, 3.05) is 13.1 Å². The monoisotopic (exact) mass is 557 g/mol. The Hall–Kier alpha value is -3.74. The van der Waals surface area contributed by atoms with Crippen LogP contribution in [0, 0.1) is 17.2 Å². The molecular weight excluding hydrogens is 522 g/mol.